The van der Waals surface area contributed by atoms with Gasteiger partial charge in [0.2, 0.25) is 0 Å². The van der Waals surface area contributed by atoms with Crippen LogP contribution in [-0.4, -0.2) is 31.1 Å². The summed E-state index contributed by atoms with van der Waals surface area (Å²) in [6.07, 6.45) is 2.74. The van der Waals surface area contributed by atoms with Gasteiger partial charge in [0, 0.05) is 31.1 Å². The molecule has 0 spiro atoms. The zero-order valence-electron chi connectivity index (χ0n) is 8.33. The van der Waals surface area contributed by atoms with Crippen molar-refractivity contribution in [2.75, 3.05) is 26.2 Å². The lowest BCUT2D eigenvalue weighted by Gasteiger charge is -2.34. The summed E-state index contributed by atoms with van der Waals surface area (Å²) in [5.41, 5.74) is 0.455. The van der Waals surface area contributed by atoms with Crippen LogP contribution in [0.3, 0.4) is 0 Å². The van der Waals surface area contributed by atoms with Gasteiger partial charge in [-0.1, -0.05) is 6.07 Å². The molecule has 14 heavy (non-hydrogen) atoms. The number of thiophene rings is 1. The number of hydrogen-bond acceptors (Lipinski definition) is 3. The van der Waals surface area contributed by atoms with E-state index in [1.165, 1.54) is 25.9 Å². The molecule has 1 N–H and O–H groups in total. The van der Waals surface area contributed by atoms with Crippen LogP contribution in [0.15, 0.2) is 17.5 Å². The second kappa shape index (κ2) is 3.33. The molecule has 1 aromatic rings. The predicted octanol–water partition coefficient (Wildman–Crippen LogP) is 1.64. The first-order valence-electron chi connectivity index (χ1n) is 5.42. The fourth-order valence-electron chi connectivity index (χ4n) is 2.47. The Morgan fingerprint density at radius 3 is 2.64 bits per heavy atom. The number of rotatable bonds is 2. The Morgan fingerprint density at radius 1 is 1.29 bits per heavy atom. The number of nitrogens with zero attached hydrogens (tertiary/aromatic N) is 1. The molecule has 3 rings (SSSR count). The molecule has 2 heterocycles. The lowest BCUT2D eigenvalue weighted by atomic mass is 10.1. The summed E-state index contributed by atoms with van der Waals surface area (Å²) in [6.45, 7) is 4.76. The minimum absolute atomic E-state index is 0.455. The minimum Gasteiger partial charge on any atom is -0.314 e. The average molecular weight is 208 g/mol. The van der Waals surface area contributed by atoms with E-state index in [1.807, 2.05) is 11.3 Å². The highest BCUT2D eigenvalue weighted by Gasteiger charge is 2.50. The van der Waals surface area contributed by atoms with Crippen LogP contribution in [0.25, 0.3) is 0 Å². The number of piperazine rings is 1. The topological polar surface area (TPSA) is 15.3 Å². The first-order valence-corrected chi connectivity index (χ1v) is 6.30. The maximum Gasteiger partial charge on any atom is 0.0556 e. The summed E-state index contributed by atoms with van der Waals surface area (Å²) in [5, 5.41) is 5.63. The summed E-state index contributed by atoms with van der Waals surface area (Å²) >= 11 is 1.92. The summed E-state index contributed by atoms with van der Waals surface area (Å²) in [6, 6.07) is 4.49. The van der Waals surface area contributed by atoms with E-state index in [9.17, 15) is 0 Å². The predicted molar refractivity (Wildman–Crippen MR) is 59.7 cm³/mol. The van der Waals surface area contributed by atoms with Crippen molar-refractivity contribution in [3.05, 3.63) is 22.4 Å². The van der Waals surface area contributed by atoms with Crippen molar-refractivity contribution in [3.8, 4) is 0 Å². The summed E-state index contributed by atoms with van der Waals surface area (Å²) < 4.78 is 0. The van der Waals surface area contributed by atoms with Crippen LogP contribution in [-0.2, 0) is 5.54 Å². The fraction of sp³-hybridized carbons (Fsp3) is 0.636. The minimum atomic E-state index is 0.455. The summed E-state index contributed by atoms with van der Waals surface area (Å²) in [7, 11) is 0. The molecule has 0 aromatic carbocycles. The van der Waals surface area contributed by atoms with E-state index >= 15 is 0 Å². The van der Waals surface area contributed by atoms with Crippen LogP contribution in [0.4, 0.5) is 0 Å². The van der Waals surface area contributed by atoms with E-state index in [0.29, 0.717) is 5.54 Å². The highest BCUT2D eigenvalue weighted by atomic mass is 32.1. The Labute approximate surface area is 88.9 Å². The van der Waals surface area contributed by atoms with Crippen molar-refractivity contribution in [2.24, 2.45) is 0 Å². The lowest BCUT2D eigenvalue weighted by Crippen LogP contribution is -2.48. The second-order valence-electron chi connectivity index (χ2n) is 4.25. The molecule has 0 amide bonds. The van der Waals surface area contributed by atoms with E-state index in [2.05, 4.69) is 27.7 Å². The van der Waals surface area contributed by atoms with Crippen LogP contribution < -0.4 is 5.32 Å². The van der Waals surface area contributed by atoms with Crippen LogP contribution >= 0.6 is 11.3 Å². The Bertz CT molecular complexity index is 297. The van der Waals surface area contributed by atoms with E-state index in [1.54, 1.807) is 4.88 Å². The molecule has 0 atom stereocenters. The first-order chi connectivity index (χ1) is 6.92. The number of nitrogens with one attached hydrogen (secondary N) is 1. The van der Waals surface area contributed by atoms with Crippen LogP contribution in [0.1, 0.15) is 17.7 Å². The maximum absolute atomic E-state index is 3.42. The maximum atomic E-state index is 3.42. The van der Waals surface area contributed by atoms with Gasteiger partial charge in [-0.15, -0.1) is 11.3 Å². The van der Waals surface area contributed by atoms with Gasteiger partial charge in [-0.2, -0.15) is 0 Å². The third kappa shape index (κ3) is 1.31. The quantitative estimate of drug-likeness (QED) is 0.795. The zero-order valence-corrected chi connectivity index (χ0v) is 9.15. The van der Waals surface area contributed by atoms with Gasteiger partial charge in [0.05, 0.1) is 5.54 Å². The van der Waals surface area contributed by atoms with Gasteiger partial charge in [0.25, 0.3) is 0 Å². The fourth-order valence-corrected chi connectivity index (χ4v) is 3.49. The molecular formula is C11H16N2S. The van der Waals surface area contributed by atoms with Crippen molar-refractivity contribution in [1.82, 2.24) is 10.2 Å². The molecule has 76 valence electrons. The van der Waals surface area contributed by atoms with E-state index in [0.717, 1.165) is 13.1 Å². The number of hydrogen-bond donors (Lipinski definition) is 1. The average Bonchev–Trinajstić information content (AvgIpc) is 2.88. The largest absolute Gasteiger partial charge is 0.314 e. The Balaban J connectivity index is 1.82. The van der Waals surface area contributed by atoms with E-state index in [4.69, 9.17) is 0 Å². The smallest absolute Gasteiger partial charge is 0.0556 e. The summed E-state index contributed by atoms with van der Waals surface area (Å²) in [4.78, 5) is 4.26. The molecular weight excluding hydrogens is 192 g/mol. The van der Waals surface area contributed by atoms with Gasteiger partial charge in [0.1, 0.15) is 0 Å². The molecule has 1 aliphatic heterocycles. The Kier molecular flexibility index (Phi) is 2.11. The zero-order chi connectivity index (χ0) is 9.43. The molecule has 1 aliphatic carbocycles. The Morgan fingerprint density at radius 2 is 2.07 bits per heavy atom. The van der Waals surface area contributed by atoms with Crippen LogP contribution in [0, 0.1) is 0 Å². The Hall–Kier alpha value is -0.380. The van der Waals surface area contributed by atoms with Gasteiger partial charge in [-0.3, -0.25) is 4.90 Å². The van der Waals surface area contributed by atoms with Crippen molar-refractivity contribution >= 4 is 11.3 Å². The molecule has 0 bridgehead atoms. The molecule has 2 fully saturated rings. The SMILES string of the molecule is c1csc(C2(N3CCNCC3)CC2)c1. The molecule has 2 aliphatic rings. The normalized spacial score (nSPS) is 26.3. The molecule has 3 heteroatoms. The van der Waals surface area contributed by atoms with Gasteiger partial charge < -0.3 is 5.32 Å². The molecule has 0 unspecified atom stereocenters. The molecule has 0 radical (unpaired) electrons. The molecule has 1 aromatic heterocycles. The molecule has 1 saturated heterocycles. The van der Waals surface area contributed by atoms with Gasteiger partial charge in [-0.05, 0) is 24.3 Å². The third-order valence-electron chi connectivity index (χ3n) is 3.43. The van der Waals surface area contributed by atoms with Crippen LogP contribution in [0.5, 0.6) is 0 Å². The first kappa shape index (κ1) is 8.89. The van der Waals surface area contributed by atoms with Gasteiger partial charge >= 0.3 is 0 Å². The molecule has 1 saturated carbocycles. The van der Waals surface area contributed by atoms with Crippen LogP contribution in [0.2, 0.25) is 0 Å². The standard InChI is InChI=1S/C11H16N2S/c1-2-10(14-9-1)11(3-4-11)13-7-5-12-6-8-13/h1-2,9,12H,3-8H2. The van der Waals surface area contributed by atoms with E-state index in [-0.39, 0.29) is 0 Å². The van der Waals surface area contributed by atoms with Crippen molar-refractivity contribution < 1.29 is 0 Å². The third-order valence-corrected chi connectivity index (χ3v) is 4.49. The van der Waals surface area contributed by atoms with Crippen molar-refractivity contribution in [2.45, 2.75) is 18.4 Å². The summed E-state index contributed by atoms with van der Waals surface area (Å²) in [5.74, 6) is 0. The highest BCUT2D eigenvalue weighted by Crippen LogP contribution is 2.52. The van der Waals surface area contributed by atoms with Gasteiger partial charge in [0.15, 0.2) is 0 Å². The van der Waals surface area contributed by atoms with E-state index < -0.39 is 0 Å². The van der Waals surface area contributed by atoms with Crippen molar-refractivity contribution in [1.29, 1.82) is 0 Å². The van der Waals surface area contributed by atoms with Crippen molar-refractivity contribution in [3.63, 3.8) is 0 Å². The monoisotopic (exact) mass is 208 g/mol. The molecule has 2 nitrogen and oxygen atoms in total. The second-order valence-corrected chi connectivity index (χ2v) is 5.19. The lowest BCUT2D eigenvalue weighted by molar-refractivity contribution is 0.157. The van der Waals surface area contributed by atoms with Gasteiger partial charge in [-0.25, -0.2) is 0 Å². The highest BCUT2D eigenvalue weighted by molar-refractivity contribution is 7.10.